The summed E-state index contributed by atoms with van der Waals surface area (Å²) in [5, 5.41) is -0.607. The predicted octanol–water partition coefficient (Wildman–Crippen LogP) is 3.33. The standard InChI is InChI=1S/C19H18N2O3S/c1-14-7-5-6-10-17(14)25(23,24)21-18-12-11-16(13-20-18)19(22)15-8-3-2-4-9-15/h2-9,11-13,17H,10H2,1H3,(H,20,21). The van der Waals surface area contributed by atoms with Gasteiger partial charge in [0.25, 0.3) is 0 Å². The minimum absolute atomic E-state index is 0.154. The second-order valence-electron chi connectivity index (χ2n) is 5.84. The molecule has 1 aliphatic carbocycles. The third-order valence-electron chi connectivity index (χ3n) is 4.04. The molecule has 1 heterocycles. The van der Waals surface area contributed by atoms with Crippen molar-refractivity contribution in [3.8, 4) is 0 Å². The predicted molar refractivity (Wildman–Crippen MR) is 98.0 cm³/mol. The van der Waals surface area contributed by atoms with E-state index >= 15 is 0 Å². The van der Waals surface area contributed by atoms with Gasteiger partial charge in [-0.05, 0) is 25.5 Å². The third kappa shape index (κ3) is 3.85. The van der Waals surface area contributed by atoms with Crippen molar-refractivity contribution in [2.24, 2.45) is 0 Å². The van der Waals surface area contributed by atoms with Gasteiger partial charge >= 0.3 is 0 Å². The number of benzene rings is 1. The first-order valence-corrected chi connectivity index (χ1v) is 9.43. The van der Waals surface area contributed by atoms with E-state index in [4.69, 9.17) is 0 Å². The number of sulfonamides is 1. The fraction of sp³-hybridized carbons (Fsp3) is 0.158. The van der Waals surface area contributed by atoms with Crippen LogP contribution in [0.4, 0.5) is 5.82 Å². The second kappa shape index (κ2) is 7.03. The number of rotatable bonds is 5. The van der Waals surface area contributed by atoms with Crippen molar-refractivity contribution in [2.75, 3.05) is 4.72 Å². The Morgan fingerprint density at radius 2 is 1.88 bits per heavy atom. The van der Waals surface area contributed by atoms with Crippen LogP contribution in [0, 0.1) is 0 Å². The van der Waals surface area contributed by atoms with E-state index in [1.807, 2.05) is 18.2 Å². The van der Waals surface area contributed by atoms with Crippen molar-refractivity contribution >= 4 is 21.6 Å². The van der Waals surface area contributed by atoms with Crippen LogP contribution >= 0.6 is 0 Å². The molecular weight excluding hydrogens is 336 g/mol. The fourth-order valence-corrected chi connectivity index (χ4v) is 4.14. The molecular formula is C19H18N2O3S. The van der Waals surface area contributed by atoms with Crippen LogP contribution < -0.4 is 4.72 Å². The monoisotopic (exact) mass is 354 g/mol. The van der Waals surface area contributed by atoms with Crippen LogP contribution in [0.5, 0.6) is 0 Å². The maximum Gasteiger partial charge on any atom is 0.240 e. The van der Waals surface area contributed by atoms with Gasteiger partial charge in [-0.15, -0.1) is 0 Å². The third-order valence-corrected chi connectivity index (χ3v) is 5.84. The summed E-state index contributed by atoms with van der Waals surface area (Å²) in [4.78, 5) is 16.4. The molecule has 0 saturated carbocycles. The van der Waals surface area contributed by atoms with Crippen molar-refractivity contribution in [3.63, 3.8) is 0 Å². The summed E-state index contributed by atoms with van der Waals surface area (Å²) < 4.78 is 27.5. The zero-order valence-corrected chi connectivity index (χ0v) is 14.5. The number of aromatic nitrogens is 1. The van der Waals surface area contributed by atoms with Crippen LogP contribution in [0.3, 0.4) is 0 Å². The van der Waals surface area contributed by atoms with Gasteiger partial charge in [-0.2, -0.15) is 0 Å². The second-order valence-corrected chi connectivity index (χ2v) is 7.70. The summed E-state index contributed by atoms with van der Waals surface area (Å²) in [5.41, 5.74) is 1.75. The summed E-state index contributed by atoms with van der Waals surface area (Å²) in [6, 6.07) is 11.9. The lowest BCUT2D eigenvalue weighted by molar-refractivity contribution is 0.103. The number of nitrogens with one attached hydrogen (secondary N) is 1. The van der Waals surface area contributed by atoms with Crippen LogP contribution in [0.15, 0.2) is 72.5 Å². The Morgan fingerprint density at radius 3 is 2.52 bits per heavy atom. The van der Waals surface area contributed by atoms with Crippen LogP contribution in [-0.4, -0.2) is 24.4 Å². The lowest BCUT2D eigenvalue weighted by Crippen LogP contribution is -2.29. The van der Waals surface area contributed by atoms with Gasteiger partial charge in [0.05, 0.1) is 0 Å². The number of allylic oxidation sites excluding steroid dienone is 3. The first kappa shape index (κ1) is 17.1. The van der Waals surface area contributed by atoms with Crippen LogP contribution in [0.25, 0.3) is 0 Å². The normalized spacial score (nSPS) is 17.0. The molecule has 0 spiro atoms. The summed E-state index contributed by atoms with van der Waals surface area (Å²) in [6.45, 7) is 1.79. The minimum atomic E-state index is -3.59. The lowest BCUT2D eigenvalue weighted by atomic mass is 10.1. The zero-order chi connectivity index (χ0) is 17.9. The van der Waals surface area contributed by atoms with Gasteiger partial charge in [0.1, 0.15) is 11.1 Å². The quantitative estimate of drug-likeness (QED) is 0.836. The van der Waals surface area contributed by atoms with Crippen LogP contribution in [0.2, 0.25) is 0 Å². The largest absolute Gasteiger partial charge is 0.289 e. The lowest BCUT2D eigenvalue weighted by Gasteiger charge is -2.19. The molecule has 0 amide bonds. The highest BCUT2D eigenvalue weighted by Gasteiger charge is 2.27. The smallest absolute Gasteiger partial charge is 0.240 e. The van der Waals surface area contributed by atoms with Gasteiger partial charge in [-0.25, -0.2) is 13.4 Å². The van der Waals surface area contributed by atoms with Crippen LogP contribution in [0.1, 0.15) is 29.3 Å². The maximum absolute atomic E-state index is 12.5. The van der Waals surface area contributed by atoms with Gasteiger partial charge in [0.2, 0.25) is 10.0 Å². The first-order chi connectivity index (χ1) is 12.0. The average Bonchev–Trinajstić information content (AvgIpc) is 2.62. The molecule has 25 heavy (non-hydrogen) atoms. The van der Waals surface area contributed by atoms with E-state index in [-0.39, 0.29) is 11.6 Å². The van der Waals surface area contributed by atoms with E-state index in [1.165, 1.54) is 12.3 Å². The summed E-state index contributed by atoms with van der Waals surface area (Å²) >= 11 is 0. The maximum atomic E-state index is 12.5. The van der Waals surface area contributed by atoms with E-state index in [9.17, 15) is 13.2 Å². The molecule has 0 saturated heterocycles. The number of carbonyl (C=O) groups excluding carboxylic acids is 1. The number of hydrogen-bond donors (Lipinski definition) is 1. The van der Waals surface area contributed by atoms with Gasteiger partial charge in [-0.1, -0.05) is 54.1 Å². The highest BCUT2D eigenvalue weighted by Crippen LogP contribution is 2.22. The van der Waals surface area contributed by atoms with Crippen LogP contribution in [-0.2, 0) is 10.0 Å². The van der Waals surface area contributed by atoms with Gasteiger partial charge in [0, 0.05) is 17.3 Å². The van der Waals surface area contributed by atoms with Gasteiger partial charge < -0.3 is 0 Å². The highest BCUT2D eigenvalue weighted by atomic mass is 32.2. The molecule has 1 N–H and O–H groups in total. The summed E-state index contributed by atoms with van der Waals surface area (Å²) in [6.07, 6.45) is 7.29. The molecule has 1 aromatic heterocycles. The number of pyridine rings is 1. The molecule has 5 nitrogen and oxygen atoms in total. The Hall–Kier alpha value is -2.73. The fourth-order valence-electron chi connectivity index (χ4n) is 2.65. The molecule has 3 rings (SSSR count). The number of hydrogen-bond acceptors (Lipinski definition) is 4. The van der Waals surface area contributed by atoms with Crippen molar-refractivity contribution in [2.45, 2.75) is 18.6 Å². The molecule has 1 aliphatic rings. The zero-order valence-electron chi connectivity index (χ0n) is 13.7. The van der Waals surface area contributed by atoms with E-state index in [2.05, 4.69) is 9.71 Å². The van der Waals surface area contributed by atoms with Crippen molar-refractivity contribution < 1.29 is 13.2 Å². The number of carbonyl (C=O) groups is 1. The van der Waals surface area contributed by atoms with E-state index in [0.29, 0.717) is 17.5 Å². The Morgan fingerprint density at radius 1 is 1.12 bits per heavy atom. The Labute approximate surface area is 147 Å². The molecule has 6 heteroatoms. The molecule has 1 aromatic carbocycles. The first-order valence-electron chi connectivity index (χ1n) is 7.88. The van der Waals surface area contributed by atoms with Gasteiger partial charge in [0.15, 0.2) is 5.78 Å². The van der Waals surface area contributed by atoms with Gasteiger partial charge in [-0.3, -0.25) is 9.52 Å². The Balaban J connectivity index is 1.76. The van der Waals surface area contributed by atoms with Crippen molar-refractivity contribution in [1.82, 2.24) is 4.98 Å². The summed E-state index contributed by atoms with van der Waals surface area (Å²) in [5.74, 6) is 0.0469. The van der Waals surface area contributed by atoms with Crippen molar-refractivity contribution in [1.29, 1.82) is 0 Å². The topological polar surface area (TPSA) is 76.1 Å². The Kier molecular flexibility index (Phi) is 4.81. The molecule has 1 unspecified atom stereocenters. The summed E-state index contributed by atoms with van der Waals surface area (Å²) in [7, 11) is -3.59. The molecule has 128 valence electrons. The average molecular weight is 354 g/mol. The number of ketones is 1. The molecule has 0 bridgehead atoms. The molecule has 0 aliphatic heterocycles. The number of nitrogens with zero attached hydrogens (tertiary/aromatic N) is 1. The minimum Gasteiger partial charge on any atom is -0.289 e. The van der Waals surface area contributed by atoms with E-state index < -0.39 is 15.3 Å². The van der Waals surface area contributed by atoms with E-state index in [1.54, 1.807) is 43.3 Å². The molecule has 2 aromatic rings. The SMILES string of the molecule is CC1=CC=CCC1S(=O)(=O)Nc1ccc(C(=O)c2ccccc2)cn1. The molecule has 0 radical (unpaired) electrons. The molecule has 1 atom stereocenters. The molecule has 0 fully saturated rings. The van der Waals surface area contributed by atoms with E-state index in [0.717, 1.165) is 5.57 Å². The Bertz CT molecular complexity index is 930. The van der Waals surface area contributed by atoms with Crippen molar-refractivity contribution in [3.05, 3.63) is 83.6 Å². The number of anilines is 1. The highest BCUT2D eigenvalue weighted by molar-refractivity contribution is 7.93.